The quantitative estimate of drug-likeness (QED) is 0.791. The van der Waals surface area contributed by atoms with Crippen LogP contribution in [0.5, 0.6) is 0 Å². The summed E-state index contributed by atoms with van der Waals surface area (Å²) in [5, 5.41) is 7.03. The molecular formula is C7H12BrN3. The van der Waals surface area contributed by atoms with Gasteiger partial charge in [0.2, 0.25) is 0 Å². The maximum absolute atomic E-state index is 5.51. The second-order valence-corrected chi connectivity index (χ2v) is 3.48. The first-order valence-electron chi connectivity index (χ1n) is 3.57. The molecule has 1 aromatic heterocycles. The van der Waals surface area contributed by atoms with Crippen molar-refractivity contribution in [1.82, 2.24) is 10.2 Å². The van der Waals surface area contributed by atoms with E-state index in [1.54, 1.807) is 0 Å². The van der Waals surface area contributed by atoms with E-state index in [1.807, 2.05) is 6.92 Å². The molecule has 0 aromatic carbocycles. The van der Waals surface area contributed by atoms with Gasteiger partial charge in [0.05, 0.1) is 10.2 Å². The maximum Gasteiger partial charge on any atom is 0.0807 e. The maximum atomic E-state index is 5.51. The summed E-state index contributed by atoms with van der Waals surface area (Å²) in [6, 6.07) is 0. The third-order valence-electron chi connectivity index (χ3n) is 1.72. The van der Waals surface area contributed by atoms with Crippen LogP contribution in [0.4, 0.5) is 0 Å². The molecule has 1 atom stereocenters. The minimum atomic E-state index is 0.314. The molecule has 0 saturated heterocycles. The largest absolute Gasteiger partial charge is 0.330 e. The molecule has 1 rings (SSSR count). The van der Waals surface area contributed by atoms with E-state index in [0.717, 1.165) is 15.9 Å². The van der Waals surface area contributed by atoms with Crippen LogP contribution in [-0.4, -0.2) is 16.7 Å². The van der Waals surface area contributed by atoms with Crippen molar-refractivity contribution in [2.75, 3.05) is 6.54 Å². The lowest BCUT2D eigenvalue weighted by molar-refractivity contribution is 0.736. The van der Waals surface area contributed by atoms with Gasteiger partial charge in [0.15, 0.2) is 0 Å². The molecule has 1 aromatic rings. The van der Waals surface area contributed by atoms with Crippen molar-refractivity contribution in [1.29, 1.82) is 0 Å². The third kappa shape index (κ3) is 1.62. The average molecular weight is 218 g/mol. The third-order valence-corrected chi connectivity index (χ3v) is 2.72. The Bertz CT molecular complexity index is 244. The van der Waals surface area contributed by atoms with Gasteiger partial charge in [-0.05, 0) is 22.9 Å². The van der Waals surface area contributed by atoms with Gasteiger partial charge in [-0.1, -0.05) is 6.92 Å². The molecule has 11 heavy (non-hydrogen) atoms. The topological polar surface area (TPSA) is 54.7 Å². The lowest BCUT2D eigenvalue weighted by atomic mass is 10.1. The molecule has 0 spiro atoms. The summed E-state index contributed by atoms with van der Waals surface area (Å²) < 4.78 is 1.05. The summed E-state index contributed by atoms with van der Waals surface area (Å²) in [6.07, 6.45) is 0. The number of aromatic amines is 1. The Morgan fingerprint density at radius 3 is 2.73 bits per heavy atom. The standard InChI is InChI=1S/C7H12BrN3/c1-4(3-9)7-6(8)5(2)10-11-7/h4H,3,9H2,1-2H3,(H,10,11). The summed E-state index contributed by atoms with van der Waals surface area (Å²) in [4.78, 5) is 0. The Kier molecular flexibility index (Phi) is 2.67. The van der Waals surface area contributed by atoms with Gasteiger partial charge in [-0.25, -0.2) is 0 Å². The number of H-pyrrole nitrogens is 1. The molecule has 0 aliphatic carbocycles. The molecule has 0 saturated carbocycles. The van der Waals surface area contributed by atoms with Crippen LogP contribution in [0.15, 0.2) is 4.47 Å². The average Bonchev–Trinajstić information content (AvgIpc) is 2.32. The summed E-state index contributed by atoms with van der Waals surface area (Å²) >= 11 is 3.44. The fourth-order valence-electron chi connectivity index (χ4n) is 0.872. The molecule has 1 heterocycles. The second kappa shape index (κ2) is 3.36. The number of nitrogens with two attached hydrogens (primary N) is 1. The van der Waals surface area contributed by atoms with Crippen LogP contribution in [0.25, 0.3) is 0 Å². The van der Waals surface area contributed by atoms with E-state index in [0.29, 0.717) is 12.5 Å². The number of rotatable bonds is 2. The van der Waals surface area contributed by atoms with Gasteiger partial charge < -0.3 is 5.73 Å². The van der Waals surface area contributed by atoms with Gasteiger partial charge in [0.25, 0.3) is 0 Å². The highest BCUT2D eigenvalue weighted by Crippen LogP contribution is 2.24. The smallest absolute Gasteiger partial charge is 0.0807 e. The van der Waals surface area contributed by atoms with Crippen molar-refractivity contribution < 1.29 is 0 Å². The first-order valence-corrected chi connectivity index (χ1v) is 4.36. The fraction of sp³-hybridized carbons (Fsp3) is 0.571. The Hall–Kier alpha value is -0.350. The Labute approximate surface area is 74.5 Å². The Balaban J connectivity index is 2.94. The van der Waals surface area contributed by atoms with Crippen LogP contribution in [0.2, 0.25) is 0 Å². The van der Waals surface area contributed by atoms with Gasteiger partial charge in [0.1, 0.15) is 0 Å². The SMILES string of the molecule is Cc1[nH]nc(C(C)CN)c1Br. The monoisotopic (exact) mass is 217 g/mol. The molecule has 0 bridgehead atoms. The van der Waals surface area contributed by atoms with Gasteiger partial charge in [-0.3, -0.25) is 5.10 Å². The van der Waals surface area contributed by atoms with Gasteiger partial charge in [-0.15, -0.1) is 0 Å². The molecule has 0 amide bonds. The minimum Gasteiger partial charge on any atom is -0.330 e. The predicted octanol–water partition coefficient (Wildman–Crippen LogP) is 1.54. The first kappa shape index (κ1) is 8.74. The van der Waals surface area contributed by atoms with Crippen LogP contribution >= 0.6 is 15.9 Å². The number of nitrogens with one attached hydrogen (secondary N) is 1. The zero-order chi connectivity index (χ0) is 8.43. The van der Waals surface area contributed by atoms with E-state index in [1.165, 1.54) is 0 Å². The molecule has 0 aliphatic heterocycles. The summed E-state index contributed by atoms with van der Waals surface area (Å²) in [5.41, 5.74) is 7.58. The number of halogens is 1. The summed E-state index contributed by atoms with van der Waals surface area (Å²) in [6.45, 7) is 4.66. The van der Waals surface area contributed by atoms with E-state index in [2.05, 4.69) is 33.1 Å². The van der Waals surface area contributed by atoms with Crippen molar-refractivity contribution in [3.05, 3.63) is 15.9 Å². The lowest BCUT2D eigenvalue weighted by Gasteiger charge is -2.03. The molecule has 0 radical (unpaired) electrons. The molecule has 0 fully saturated rings. The zero-order valence-electron chi connectivity index (χ0n) is 6.69. The fourth-order valence-corrected chi connectivity index (χ4v) is 1.44. The minimum absolute atomic E-state index is 0.314. The predicted molar refractivity (Wildman–Crippen MR) is 48.5 cm³/mol. The zero-order valence-corrected chi connectivity index (χ0v) is 8.27. The van der Waals surface area contributed by atoms with E-state index in [9.17, 15) is 0 Å². The van der Waals surface area contributed by atoms with Crippen molar-refractivity contribution in [2.45, 2.75) is 19.8 Å². The van der Waals surface area contributed by atoms with E-state index in [-0.39, 0.29) is 0 Å². The van der Waals surface area contributed by atoms with Crippen molar-refractivity contribution in [2.24, 2.45) is 5.73 Å². The highest BCUT2D eigenvalue weighted by molar-refractivity contribution is 9.10. The molecule has 1 unspecified atom stereocenters. The number of aryl methyl sites for hydroxylation is 1. The number of nitrogens with zero attached hydrogens (tertiary/aromatic N) is 1. The van der Waals surface area contributed by atoms with Crippen LogP contribution in [-0.2, 0) is 0 Å². The normalized spacial score (nSPS) is 13.5. The number of aromatic nitrogens is 2. The summed E-state index contributed by atoms with van der Waals surface area (Å²) in [7, 11) is 0. The number of hydrogen-bond acceptors (Lipinski definition) is 2. The van der Waals surface area contributed by atoms with Crippen molar-refractivity contribution >= 4 is 15.9 Å². The van der Waals surface area contributed by atoms with Crippen molar-refractivity contribution in [3.63, 3.8) is 0 Å². The molecule has 0 aliphatic rings. The van der Waals surface area contributed by atoms with Crippen LogP contribution in [0.1, 0.15) is 24.2 Å². The van der Waals surface area contributed by atoms with E-state index in [4.69, 9.17) is 5.73 Å². The summed E-state index contributed by atoms with van der Waals surface area (Å²) in [5.74, 6) is 0.314. The molecule has 3 nitrogen and oxygen atoms in total. The van der Waals surface area contributed by atoms with Crippen LogP contribution < -0.4 is 5.73 Å². The van der Waals surface area contributed by atoms with Crippen LogP contribution in [0.3, 0.4) is 0 Å². The highest BCUT2D eigenvalue weighted by Gasteiger charge is 2.12. The Morgan fingerprint density at radius 1 is 1.73 bits per heavy atom. The molecular weight excluding hydrogens is 206 g/mol. The van der Waals surface area contributed by atoms with E-state index >= 15 is 0 Å². The second-order valence-electron chi connectivity index (χ2n) is 2.68. The van der Waals surface area contributed by atoms with Crippen LogP contribution in [0, 0.1) is 6.92 Å². The lowest BCUT2D eigenvalue weighted by Crippen LogP contribution is -2.09. The molecule has 3 N–H and O–H groups in total. The van der Waals surface area contributed by atoms with Gasteiger partial charge in [0, 0.05) is 18.2 Å². The molecule has 62 valence electrons. The van der Waals surface area contributed by atoms with Gasteiger partial charge in [-0.2, -0.15) is 5.10 Å². The van der Waals surface area contributed by atoms with Gasteiger partial charge >= 0.3 is 0 Å². The highest BCUT2D eigenvalue weighted by atomic mass is 79.9. The molecule has 4 heteroatoms. The Morgan fingerprint density at radius 2 is 2.36 bits per heavy atom. The number of hydrogen-bond donors (Lipinski definition) is 2. The van der Waals surface area contributed by atoms with E-state index < -0.39 is 0 Å². The first-order chi connectivity index (χ1) is 5.16. The van der Waals surface area contributed by atoms with Crippen molar-refractivity contribution in [3.8, 4) is 0 Å².